The van der Waals surface area contributed by atoms with Gasteiger partial charge in [-0.3, -0.25) is 0 Å². The topological polar surface area (TPSA) is 0 Å². The van der Waals surface area contributed by atoms with Gasteiger partial charge in [-0.25, -0.2) is 0 Å². The van der Waals surface area contributed by atoms with Crippen LogP contribution in [0, 0.1) is 16.7 Å². The van der Waals surface area contributed by atoms with Gasteiger partial charge in [-0.05, 0) is 62.2 Å². The van der Waals surface area contributed by atoms with E-state index < -0.39 is 0 Å². The average molecular weight is 220 g/mol. The Morgan fingerprint density at radius 3 is 2.38 bits per heavy atom. The fraction of sp³-hybridized carbons (Fsp3) is 0.875. The molecule has 16 heavy (non-hydrogen) atoms. The van der Waals surface area contributed by atoms with Crippen molar-refractivity contribution in [2.75, 3.05) is 0 Å². The molecule has 0 atom stereocenters. The molecule has 2 aliphatic carbocycles. The fourth-order valence-electron chi connectivity index (χ4n) is 3.54. The first-order valence-electron chi connectivity index (χ1n) is 7.15. The van der Waals surface area contributed by atoms with Gasteiger partial charge in [-0.1, -0.05) is 38.8 Å². The van der Waals surface area contributed by atoms with Crippen molar-refractivity contribution in [2.24, 2.45) is 16.7 Å². The van der Waals surface area contributed by atoms with Crippen molar-refractivity contribution in [2.45, 2.75) is 72.6 Å². The maximum absolute atomic E-state index is 2.57. The van der Waals surface area contributed by atoms with Crippen molar-refractivity contribution < 1.29 is 0 Å². The van der Waals surface area contributed by atoms with E-state index in [1.165, 1.54) is 44.9 Å². The summed E-state index contributed by atoms with van der Waals surface area (Å²) in [6, 6.07) is 0. The smallest absolute Gasteiger partial charge is 0.00880 e. The lowest BCUT2D eigenvalue weighted by Crippen LogP contribution is -2.16. The van der Waals surface area contributed by atoms with Crippen LogP contribution in [0.4, 0.5) is 0 Å². The maximum Gasteiger partial charge on any atom is -0.00880 e. The predicted octanol–water partition coefficient (Wildman–Crippen LogP) is 5.34. The fourth-order valence-corrected chi connectivity index (χ4v) is 3.54. The Morgan fingerprint density at radius 1 is 1.31 bits per heavy atom. The van der Waals surface area contributed by atoms with Gasteiger partial charge in [0, 0.05) is 0 Å². The molecule has 2 fully saturated rings. The first-order valence-corrected chi connectivity index (χ1v) is 7.15. The monoisotopic (exact) mass is 220 g/mol. The van der Waals surface area contributed by atoms with Crippen molar-refractivity contribution in [1.29, 1.82) is 0 Å². The van der Waals surface area contributed by atoms with E-state index in [4.69, 9.17) is 0 Å². The van der Waals surface area contributed by atoms with Crippen LogP contribution in [-0.2, 0) is 0 Å². The number of hydrogen-bond donors (Lipinski definition) is 0. The second-order valence-electron chi connectivity index (χ2n) is 7.04. The van der Waals surface area contributed by atoms with Crippen LogP contribution in [0.1, 0.15) is 72.6 Å². The predicted molar refractivity (Wildman–Crippen MR) is 71.5 cm³/mol. The van der Waals surface area contributed by atoms with Gasteiger partial charge in [0.2, 0.25) is 0 Å². The molecule has 0 aromatic rings. The number of allylic oxidation sites excluding steroid dienone is 2. The third kappa shape index (κ3) is 2.21. The van der Waals surface area contributed by atoms with Gasteiger partial charge in [-0.2, -0.15) is 0 Å². The largest absolute Gasteiger partial charge is 0.0845 e. The molecule has 0 aromatic carbocycles. The Labute approximate surface area is 102 Å². The molecule has 0 radical (unpaired) electrons. The van der Waals surface area contributed by atoms with Gasteiger partial charge >= 0.3 is 0 Å². The van der Waals surface area contributed by atoms with Gasteiger partial charge in [0.05, 0.1) is 0 Å². The third-order valence-corrected chi connectivity index (χ3v) is 5.50. The summed E-state index contributed by atoms with van der Waals surface area (Å²) in [7, 11) is 0. The summed E-state index contributed by atoms with van der Waals surface area (Å²) >= 11 is 0. The maximum atomic E-state index is 2.57. The highest BCUT2D eigenvalue weighted by Crippen LogP contribution is 2.58. The van der Waals surface area contributed by atoms with Gasteiger partial charge in [0.1, 0.15) is 0 Å². The van der Waals surface area contributed by atoms with Gasteiger partial charge in [-0.15, -0.1) is 0 Å². The summed E-state index contributed by atoms with van der Waals surface area (Å²) in [5.74, 6) is 1.07. The summed E-state index contributed by atoms with van der Waals surface area (Å²) in [6.07, 6.45) is 12.6. The van der Waals surface area contributed by atoms with Crippen molar-refractivity contribution in [1.82, 2.24) is 0 Å². The lowest BCUT2D eigenvalue weighted by atomic mass is 9.76. The Hall–Kier alpha value is -0.260. The number of hydrogen-bond acceptors (Lipinski definition) is 0. The number of fused-ring (bicyclic) bond motifs is 2. The van der Waals surface area contributed by atoms with Crippen molar-refractivity contribution in [3.8, 4) is 0 Å². The lowest BCUT2D eigenvalue weighted by molar-refractivity contribution is 0.337. The molecule has 0 nitrogen and oxygen atoms in total. The molecule has 0 aliphatic heterocycles. The van der Waals surface area contributed by atoms with Gasteiger partial charge in [0.25, 0.3) is 0 Å². The quantitative estimate of drug-likeness (QED) is 0.561. The first kappa shape index (κ1) is 12.2. The molecule has 0 amide bonds. The summed E-state index contributed by atoms with van der Waals surface area (Å²) in [5.41, 5.74) is 2.86. The Morgan fingerprint density at radius 2 is 1.94 bits per heavy atom. The van der Waals surface area contributed by atoms with E-state index in [1.807, 2.05) is 0 Å². The number of rotatable bonds is 4. The molecule has 2 rings (SSSR count). The molecule has 0 heteroatoms. The second kappa shape index (κ2) is 4.20. The van der Waals surface area contributed by atoms with E-state index in [9.17, 15) is 0 Å². The van der Waals surface area contributed by atoms with Crippen LogP contribution in [0.15, 0.2) is 11.6 Å². The van der Waals surface area contributed by atoms with Crippen LogP contribution in [0.5, 0.6) is 0 Å². The van der Waals surface area contributed by atoms with Crippen LogP contribution in [0.2, 0.25) is 0 Å². The molecule has 0 aromatic heterocycles. The summed E-state index contributed by atoms with van der Waals surface area (Å²) < 4.78 is 0. The van der Waals surface area contributed by atoms with Crippen molar-refractivity contribution in [3.05, 3.63) is 11.6 Å². The molecule has 2 bridgehead atoms. The van der Waals surface area contributed by atoms with Crippen LogP contribution >= 0.6 is 0 Å². The highest BCUT2D eigenvalue weighted by molar-refractivity contribution is 5.18. The van der Waals surface area contributed by atoms with Crippen molar-refractivity contribution in [3.63, 3.8) is 0 Å². The summed E-state index contributed by atoms with van der Waals surface area (Å²) in [4.78, 5) is 0. The van der Waals surface area contributed by atoms with E-state index in [2.05, 4.69) is 33.8 Å². The minimum atomic E-state index is 0.495. The molecule has 2 saturated carbocycles. The Bertz CT molecular complexity index is 274. The molecule has 0 spiro atoms. The van der Waals surface area contributed by atoms with Crippen LogP contribution in [-0.4, -0.2) is 0 Å². The minimum absolute atomic E-state index is 0.495. The zero-order valence-corrected chi connectivity index (χ0v) is 11.6. The van der Waals surface area contributed by atoms with Gasteiger partial charge in [0.15, 0.2) is 0 Å². The Kier molecular flexibility index (Phi) is 3.20. The second-order valence-corrected chi connectivity index (χ2v) is 7.04. The molecular formula is C16H28. The highest BCUT2D eigenvalue weighted by atomic mass is 14.5. The molecule has 0 N–H and O–H groups in total. The third-order valence-electron chi connectivity index (χ3n) is 5.50. The van der Waals surface area contributed by atoms with E-state index in [0.29, 0.717) is 10.8 Å². The standard InChI is InChI=1S/C16H28/c1-5-15(3,4)9-6-13(2)16-10-7-14(12-16)8-11-16/h6,14H,5,7-12H2,1-4H3. The first-order chi connectivity index (χ1) is 7.47. The van der Waals surface area contributed by atoms with Crippen LogP contribution < -0.4 is 0 Å². The zero-order chi connectivity index (χ0) is 11.8. The summed E-state index contributed by atoms with van der Waals surface area (Å²) in [6.45, 7) is 9.49. The highest BCUT2D eigenvalue weighted by Gasteiger charge is 2.45. The van der Waals surface area contributed by atoms with E-state index in [-0.39, 0.29) is 0 Å². The van der Waals surface area contributed by atoms with E-state index in [1.54, 1.807) is 5.57 Å². The zero-order valence-electron chi connectivity index (χ0n) is 11.6. The van der Waals surface area contributed by atoms with Crippen molar-refractivity contribution >= 4 is 0 Å². The molecular weight excluding hydrogens is 192 g/mol. The van der Waals surface area contributed by atoms with Crippen LogP contribution in [0.25, 0.3) is 0 Å². The van der Waals surface area contributed by atoms with E-state index in [0.717, 1.165) is 5.92 Å². The SMILES string of the molecule is CCC(C)(C)CC=C(C)C12CCC(CC1)C2. The van der Waals surface area contributed by atoms with E-state index >= 15 is 0 Å². The summed E-state index contributed by atoms with van der Waals surface area (Å²) in [5, 5.41) is 0. The average Bonchev–Trinajstić information content (AvgIpc) is 2.87. The normalized spacial score (nSPS) is 34.8. The van der Waals surface area contributed by atoms with Crippen LogP contribution in [0.3, 0.4) is 0 Å². The molecule has 2 aliphatic rings. The lowest BCUT2D eigenvalue weighted by Gasteiger charge is -2.29. The van der Waals surface area contributed by atoms with Gasteiger partial charge < -0.3 is 0 Å². The molecule has 0 heterocycles. The minimum Gasteiger partial charge on any atom is -0.0845 e. The molecule has 92 valence electrons. The molecule has 0 saturated heterocycles. The molecule has 0 unspecified atom stereocenters. The Balaban J connectivity index is 2.02.